The molecular formula is C21H24F2O5S. The van der Waals surface area contributed by atoms with Crippen LogP contribution in [0.2, 0.25) is 0 Å². The van der Waals surface area contributed by atoms with Gasteiger partial charge in [0.25, 0.3) is 0 Å². The lowest BCUT2D eigenvalue weighted by molar-refractivity contribution is -0.152. The van der Waals surface area contributed by atoms with E-state index in [0.717, 1.165) is 43.5 Å². The summed E-state index contributed by atoms with van der Waals surface area (Å²) in [5.74, 6) is -2.54. The summed E-state index contributed by atoms with van der Waals surface area (Å²) in [6.07, 6.45) is 5.33. The molecule has 1 atom stereocenters. The van der Waals surface area contributed by atoms with E-state index in [-0.39, 0.29) is 16.8 Å². The van der Waals surface area contributed by atoms with E-state index in [2.05, 4.69) is 0 Å². The summed E-state index contributed by atoms with van der Waals surface area (Å²) in [6, 6.07) is 4.15. The number of hydrogen-bond acceptors (Lipinski definition) is 5. The molecule has 5 rings (SSSR count). The Morgan fingerprint density at radius 2 is 1.48 bits per heavy atom. The van der Waals surface area contributed by atoms with Crippen molar-refractivity contribution in [1.29, 1.82) is 0 Å². The molecule has 0 spiro atoms. The smallest absolute Gasteiger partial charge is 0.341 e. The van der Waals surface area contributed by atoms with Crippen LogP contribution in [0.25, 0.3) is 0 Å². The van der Waals surface area contributed by atoms with Crippen LogP contribution < -0.4 is 0 Å². The van der Waals surface area contributed by atoms with E-state index in [4.69, 9.17) is 4.74 Å². The van der Waals surface area contributed by atoms with Crippen molar-refractivity contribution in [2.75, 3.05) is 0 Å². The average Bonchev–Trinajstić information content (AvgIpc) is 2.66. The predicted molar refractivity (Wildman–Crippen MR) is 100 cm³/mol. The number of esters is 1. The topological polar surface area (TPSA) is 77.5 Å². The summed E-state index contributed by atoms with van der Waals surface area (Å²) in [4.78, 5) is 25.0. The number of benzene rings is 1. The number of halogens is 2. The molecule has 4 aliphatic rings. The fraction of sp³-hybridized carbons (Fsp3) is 0.619. The van der Waals surface area contributed by atoms with Crippen molar-refractivity contribution >= 4 is 21.6 Å². The molecule has 0 saturated heterocycles. The second-order valence-electron chi connectivity index (χ2n) is 8.94. The van der Waals surface area contributed by atoms with Gasteiger partial charge >= 0.3 is 11.7 Å². The highest BCUT2D eigenvalue weighted by atomic mass is 32.2. The van der Waals surface area contributed by atoms with Crippen LogP contribution in [0.15, 0.2) is 29.2 Å². The van der Waals surface area contributed by atoms with Gasteiger partial charge in [-0.3, -0.25) is 4.79 Å². The molecule has 4 saturated carbocycles. The van der Waals surface area contributed by atoms with Crippen LogP contribution in [0, 0.1) is 23.2 Å². The molecule has 8 heteroatoms. The zero-order chi connectivity index (χ0) is 21.0. The van der Waals surface area contributed by atoms with Gasteiger partial charge in [0.1, 0.15) is 0 Å². The maximum atomic E-state index is 13.2. The van der Waals surface area contributed by atoms with Crippen molar-refractivity contribution in [1.82, 2.24) is 0 Å². The molecule has 0 N–H and O–H groups in total. The number of sulfone groups is 1. The van der Waals surface area contributed by atoms with Crippen LogP contribution in [0.3, 0.4) is 0 Å². The number of ether oxygens (including phenoxy) is 1. The Morgan fingerprint density at radius 3 is 1.93 bits per heavy atom. The Hall–Kier alpha value is -1.83. The lowest BCUT2D eigenvalue weighted by Gasteiger charge is -2.56. The minimum absolute atomic E-state index is 0.0170. The number of ketones is 1. The van der Waals surface area contributed by atoms with E-state index in [1.807, 2.05) is 0 Å². The van der Waals surface area contributed by atoms with Gasteiger partial charge in [-0.15, -0.1) is 0 Å². The van der Waals surface area contributed by atoms with Crippen molar-refractivity contribution in [2.24, 2.45) is 23.2 Å². The Balaban J connectivity index is 1.44. The standard InChI is InChI=1S/C21H24F2O5S/c1-12(18(24)21-9-13-6-14(10-21)8-15(7-13)11-21)28-19(25)16-2-4-17(5-3-16)29(26,27)20(22)23/h2-5,12-15,20H,6-11H2,1H3/t12-,13?,14?,15?,21?/m0/s1. The molecule has 0 radical (unpaired) electrons. The summed E-state index contributed by atoms with van der Waals surface area (Å²) < 4.78 is 53.5. The molecule has 5 nitrogen and oxygen atoms in total. The molecule has 0 heterocycles. The van der Waals surface area contributed by atoms with Gasteiger partial charge in [-0.1, -0.05) is 0 Å². The van der Waals surface area contributed by atoms with Gasteiger partial charge in [0, 0.05) is 5.41 Å². The fourth-order valence-corrected chi connectivity index (χ4v) is 6.73. The van der Waals surface area contributed by atoms with Crippen LogP contribution >= 0.6 is 0 Å². The van der Waals surface area contributed by atoms with Gasteiger partial charge in [-0.05, 0) is 87.5 Å². The Bertz CT molecular complexity index is 888. The summed E-state index contributed by atoms with van der Waals surface area (Å²) in [7, 11) is -4.72. The number of carbonyl (C=O) groups is 2. The molecule has 0 aromatic heterocycles. The maximum absolute atomic E-state index is 13.2. The zero-order valence-electron chi connectivity index (χ0n) is 16.1. The molecule has 4 bridgehead atoms. The van der Waals surface area contributed by atoms with Crippen molar-refractivity contribution in [3.05, 3.63) is 29.8 Å². The highest BCUT2D eigenvalue weighted by molar-refractivity contribution is 7.91. The summed E-state index contributed by atoms with van der Waals surface area (Å²) in [5, 5.41) is 0. The van der Waals surface area contributed by atoms with Gasteiger partial charge in [-0.25, -0.2) is 13.2 Å². The number of Topliss-reactive ketones (excluding diaryl/α,β-unsaturated/α-hetero) is 1. The summed E-state index contributed by atoms with van der Waals surface area (Å²) in [5.41, 5.74) is -0.368. The number of alkyl halides is 2. The van der Waals surface area contributed by atoms with Crippen molar-refractivity contribution in [2.45, 2.75) is 62.2 Å². The maximum Gasteiger partial charge on any atom is 0.341 e. The Kier molecular flexibility index (Phi) is 5.04. The SMILES string of the molecule is C[C@H](OC(=O)c1ccc(S(=O)(=O)C(F)F)cc1)C(=O)C12CC3CC(CC(C3)C1)C2. The molecule has 1 aromatic carbocycles. The van der Waals surface area contributed by atoms with Crippen LogP contribution in [-0.4, -0.2) is 32.0 Å². The molecule has 0 amide bonds. The highest BCUT2D eigenvalue weighted by Gasteiger charge is 2.55. The third kappa shape index (κ3) is 3.60. The second kappa shape index (κ2) is 7.15. The first-order valence-corrected chi connectivity index (χ1v) is 11.5. The van der Waals surface area contributed by atoms with E-state index < -0.39 is 32.6 Å². The molecule has 29 heavy (non-hydrogen) atoms. The zero-order valence-corrected chi connectivity index (χ0v) is 17.0. The monoisotopic (exact) mass is 426 g/mol. The molecular weight excluding hydrogens is 402 g/mol. The molecule has 158 valence electrons. The molecule has 1 aromatic rings. The highest BCUT2D eigenvalue weighted by Crippen LogP contribution is 2.60. The van der Waals surface area contributed by atoms with Gasteiger partial charge in [-0.2, -0.15) is 8.78 Å². The minimum atomic E-state index is -4.72. The number of hydrogen-bond donors (Lipinski definition) is 0. The van der Waals surface area contributed by atoms with Crippen molar-refractivity contribution in [3.63, 3.8) is 0 Å². The Morgan fingerprint density at radius 1 is 1.00 bits per heavy atom. The third-order valence-corrected chi connectivity index (χ3v) is 8.27. The normalized spacial score (nSPS) is 31.7. The summed E-state index contributed by atoms with van der Waals surface area (Å²) in [6.45, 7) is 1.58. The van der Waals surface area contributed by atoms with Gasteiger partial charge in [0.15, 0.2) is 11.9 Å². The lowest BCUT2D eigenvalue weighted by Crippen LogP contribution is -2.52. The minimum Gasteiger partial charge on any atom is -0.451 e. The van der Waals surface area contributed by atoms with Crippen LogP contribution in [0.4, 0.5) is 8.78 Å². The van der Waals surface area contributed by atoms with Crippen LogP contribution in [-0.2, 0) is 19.4 Å². The first-order valence-electron chi connectivity index (χ1n) is 9.98. The quantitative estimate of drug-likeness (QED) is 0.642. The largest absolute Gasteiger partial charge is 0.451 e. The van der Waals surface area contributed by atoms with E-state index in [9.17, 15) is 26.8 Å². The van der Waals surface area contributed by atoms with Crippen molar-refractivity contribution < 1.29 is 31.5 Å². The van der Waals surface area contributed by atoms with Gasteiger partial charge in [0.05, 0.1) is 10.5 Å². The van der Waals surface area contributed by atoms with Gasteiger partial charge < -0.3 is 4.74 Å². The average molecular weight is 426 g/mol. The molecule has 4 aliphatic carbocycles. The molecule has 4 fully saturated rings. The number of carbonyl (C=O) groups excluding carboxylic acids is 2. The summed E-state index contributed by atoms with van der Waals surface area (Å²) >= 11 is 0. The third-order valence-electron chi connectivity index (χ3n) is 6.87. The van der Waals surface area contributed by atoms with Crippen LogP contribution in [0.5, 0.6) is 0 Å². The lowest BCUT2D eigenvalue weighted by atomic mass is 9.48. The Labute approximate surface area is 168 Å². The van der Waals surface area contributed by atoms with E-state index in [0.29, 0.717) is 17.8 Å². The fourth-order valence-electron chi connectivity index (χ4n) is 6.01. The first-order chi connectivity index (χ1) is 13.6. The van der Waals surface area contributed by atoms with E-state index in [1.54, 1.807) is 6.92 Å². The molecule has 0 aliphatic heterocycles. The molecule has 0 unspecified atom stereocenters. The van der Waals surface area contributed by atoms with Crippen LogP contribution in [0.1, 0.15) is 55.8 Å². The second-order valence-corrected chi connectivity index (χ2v) is 10.9. The van der Waals surface area contributed by atoms with Gasteiger partial charge in [0.2, 0.25) is 9.84 Å². The van der Waals surface area contributed by atoms with Crippen molar-refractivity contribution in [3.8, 4) is 0 Å². The number of rotatable bonds is 6. The van der Waals surface area contributed by atoms with E-state index in [1.165, 1.54) is 19.3 Å². The predicted octanol–water partition coefficient (Wildman–Crippen LogP) is 4.01. The van der Waals surface area contributed by atoms with E-state index >= 15 is 0 Å². The first kappa shape index (κ1) is 20.4.